The van der Waals surface area contributed by atoms with Crippen molar-refractivity contribution in [2.24, 2.45) is 0 Å². The van der Waals surface area contributed by atoms with E-state index < -0.39 is 0 Å². The minimum atomic E-state index is -0.337. The Kier molecular flexibility index (Phi) is 3.36. The maximum Gasteiger partial charge on any atom is 0.131 e. The smallest absolute Gasteiger partial charge is 0.131 e. The molecule has 4 heteroatoms. The van der Waals surface area contributed by atoms with E-state index in [-0.39, 0.29) is 12.2 Å². The van der Waals surface area contributed by atoms with Gasteiger partial charge in [-0.1, -0.05) is 29.8 Å². The standard InChI is InChI=1S/C13H8ClFN2/c14-13-7-9(5-6-16)11(8-17-13)10-3-1-2-4-12(10)15/h1-4,7-8H,5H2. The van der Waals surface area contributed by atoms with Crippen molar-refractivity contribution in [1.82, 2.24) is 4.98 Å². The fourth-order valence-electron chi connectivity index (χ4n) is 1.62. The molecule has 84 valence electrons. The van der Waals surface area contributed by atoms with Gasteiger partial charge >= 0.3 is 0 Å². The number of benzene rings is 1. The van der Waals surface area contributed by atoms with Crippen molar-refractivity contribution in [3.05, 3.63) is 53.1 Å². The van der Waals surface area contributed by atoms with E-state index in [0.29, 0.717) is 21.8 Å². The van der Waals surface area contributed by atoms with Crippen LogP contribution in [0.2, 0.25) is 5.15 Å². The molecule has 1 heterocycles. The Morgan fingerprint density at radius 3 is 2.76 bits per heavy atom. The summed E-state index contributed by atoms with van der Waals surface area (Å²) >= 11 is 5.77. The lowest BCUT2D eigenvalue weighted by Gasteiger charge is -2.07. The van der Waals surface area contributed by atoms with Crippen LogP contribution in [-0.4, -0.2) is 4.98 Å². The summed E-state index contributed by atoms with van der Waals surface area (Å²) in [7, 11) is 0. The molecule has 1 aromatic heterocycles. The number of hydrogen-bond acceptors (Lipinski definition) is 2. The third kappa shape index (κ3) is 2.43. The fourth-order valence-corrected chi connectivity index (χ4v) is 1.80. The molecule has 0 N–H and O–H groups in total. The van der Waals surface area contributed by atoms with Crippen LogP contribution in [-0.2, 0) is 6.42 Å². The van der Waals surface area contributed by atoms with E-state index in [9.17, 15) is 4.39 Å². The van der Waals surface area contributed by atoms with E-state index in [0.717, 1.165) is 0 Å². The summed E-state index contributed by atoms with van der Waals surface area (Å²) in [6, 6.07) is 10.0. The topological polar surface area (TPSA) is 36.7 Å². The molecule has 0 amide bonds. The zero-order valence-corrected chi connectivity index (χ0v) is 9.58. The number of aromatic nitrogens is 1. The van der Waals surface area contributed by atoms with Crippen LogP contribution in [0.5, 0.6) is 0 Å². The summed E-state index contributed by atoms with van der Waals surface area (Å²) in [5.41, 5.74) is 1.72. The number of hydrogen-bond donors (Lipinski definition) is 0. The number of halogens is 2. The highest BCUT2D eigenvalue weighted by Crippen LogP contribution is 2.27. The lowest BCUT2D eigenvalue weighted by Crippen LogP contribution is -1.93. The van der Waals surface area contributed by atoms with Crippen molar-refractivity contribution in [3.63, 3.8) is 0 Å². The number of nitriles is 1. The van der Waals surface area contributed by atoms with Gasteiger partial charge in [0, 0.05) is 17.3 Å². The van der Waals surface area contributed by atoms with E-state index in [1.807, 2.05) is 6.07 Å². The van der Waals surface area contributed by atoms with Gasteiger partial charge in [-0.15, -0.1) is 0 Å². The van der Waals surface area contributed by atoms with Crippen LogP contribution in [0.25, 0.3) is 11.1 Å². The molecule has 0 fully saturated rings. The minimum absolute atomic E-state index is 0.173. The molecule has 17 heavy (non-hydrogen) atoms. The highest BCUT2D eigenvalue weighted by molar-refractivity contribution is 6.29. The normalized spacial score (nSPS) is 9.94. The lowest BCUT2D eigenvalue weighted by atomic mass is 10.00. The molecule has 0 atom stereocenters. The Hall–Kier alpha value is -1.92. The molecule has 0 aliphatic carbocycles. The fraction of sp³-hybridized carbons (Fsp3) is 0.0769. The number of pyridine rings is 1. The summed E-state index contributed by atoms with van der Waals surface area (Å²) in [6.45, 7) is 0. The van der Waals surface area contributed by atoms with Crippen molar-refractivity contribution in [2.45, 2.75) is 6.42 Å². The highest BCUT2D eigenvalue weighted by Gasteiger charge is 2.10. The molecular weight excluding hydrogens is 239 g/mol. The molecular formula is C13H8ClFN2. The zero-order valence-electron chi connectivity index (χ0n) is 8.82. The zero-order chi connectivity index (χ0) is 12.3. The third-order valence-corrected chi connectivity index (χ3v) is 2.60. The molecule has 2 rings (SSSR count). The highest BCUT2D eigenvalue weighted by atomic mass is 35.5. The van der Waals surface area contributed by atoms with Gasteiger partial charge in [0.25, 0.3) is 0 Å². The second kappa shape index (κ2) is 4.94. The van der Waals surface area contributed by atoms with Gasteiger partial charge in [-0.3, -0.25) is 0 Å². The van der Waals surface area contributed by atoms with E-state index in [1.165, 1.54) is 12.3 Å². The Bertz CT molecular complexity index is 590. The summed E-state index contributed by atoms with van der Waals surface area (Å²) in [5.74, 6) is -0.337. The van der Waals surface area contributed by atoms with E-state index in [2.05, 4.69) is 4.98 Å². The number of rotatable bonds is 2. The van der Waals surface area contributed by atoms with Gasteiger partial charge in [0.1, 0.15) is 11.0 Å². The van der Waals surface area contributed by atoms with Crippen molar-refractivity contribution in [3.8, 4) is 17.2 Å². The average Bonchev–Trinajstić information content (AvgIpc) is 2.31. The first kappa shape index (κ1) is 11.6. The second-order valence-electron chi connectivity index (χ2n) is 3.48. The molecule has 2 nitrogen and oxygen atoms in total. The Labute approximate surface area is 103 Å². The molecule has 0 spiro atoms. The van der Waals surface area contributed by atoms with Crippen LogP contribution in [0.1, 0.15) is 5.56 Å². The Morgan fingerprint density at radius 2 is 2.06 bits per heavy atom. The molecule has 0 saturated carbocycles. The van der Waals surface area contributed by atoms with Gasteiger partial charge < -0.3 is 0 Å². The van der Waals surface area contributed by atoms with Crippen molar-refractivity contribution < 1.29 is 4.39 Å². The molecule has 0 radical (unpaired) electrons. The molecule has 0 aliphatic rings. The van der Waals surface area contributed by atoms with E-state index in [1.54, 1.807) is 24.3 Å². The molecule has 2 aromatic rings. The van der Waals surface area contributed by atoms with Crippen LogP contribution >= 0.6 is 11.6 Å². The average molecular weight is 247 g/mol. The van der Waals surface area contributed by atoms with E-state index in [4.69, 9.17) is 16.9 Å². The number of nitrogens with zero attached hydrogens (tertiary/aromatic N) is 2. The monoisotopic (exact) mass is 246 g/mol. The van der Waals surface area contributed by atoms with Crippen LogP contribution in [0.3, 0.4) is 0 Å². The Balaban J connectivity index is 2.60. The first-order chi connectivity index (χ1) is 8.22. The first-order valence-corrected chi connectivity index (χ1v) is 5.36. The van der Waals surface area contributed by atoms with Gasteiger partial charge in [-0.2, -0.15) is 5.26 Å². The summed E-state index contributed by atoms with van der Waals surface area (Å²) in [4.78, 5) is 3.93. The second-order valence-corrected chi connectivity index (χ2v) is 3.87. The lowest BCUT2D eigenvalue weighted by molar-refractivity contribution is 0.631. The SMILES string of the molecule is N#CCc1cc(Cl)ncc1-c1ccccc1F. The van der Waals surface area contributed by atoms with Crippen molar-refractivity contribution in [2.75, 3.05) is 0 Å². The molecule has 0 saturated heterocycles. The van der Waals surface area contributed by atoms with Crippen LogP contribution in [0.15, 0.2) is 36.5 Å². The van der Waals surface area contributed by atoms with Gasteiger partial charge in [0.15, 0.2) is 0 Å². The van der Waals surface area contributed by atoms with Crippen molar-refractivity contribution in [1.29, 1.82) is 5.26 Å². The molecule has 1 aromatic carbocycles. The third-order valence-electron chi connectivity index (χ3n) is 2.39. The quantitative estimate of drug-likeness (QED) is 0.759. The van der Waals surface area contributed by atoms with Crippen molar-refractivity contribution >= 4 is 11.6 Å². The first-order valence-electron chi connectivity index (χ1n) is 4.98. The van der Waals surface area contributed by atoms with Gasteiger partial charge in [0.05, 0.1) is 12.5 Å². The summed E-state index contributed by atoms with van der Waals surface area (Å²) in [6.07, 6.45) is 1.67. The maximum atomic E-state index is 13.7. The minimum Gasteiger partial charge on any atom is -0.244 e. The van der Waals surface area contributed by atoms with Crippen LogP contribution in [0, 0.1) is 17.1 Å². The predicted molar refractivity (Wildman–Crippen MR) is 64.0 cm³/mol. The molecule has 0 aliphatic heterocycles. The van der Waals surface area contributed by atoms with Crippen LogP contribution in [0.4, 0.5) is 4.39 Å². The molecule has 0 bridgehead atoms. The predicted octanol–water partition coefficient (Wildman–Crippen LogP) is 3.61. The van der Waals surface area contributed by atoms with Gasteiger partial charge in [0.2, 0.25) is 0 Å². The van der Waals surface area contributed by atoms with Crippen LogP contribution < -0.4 is 0 Å². The van der Waals surface area contributed by atoms with Gasteiger partial charge in [-0.05, 0) is 17.7 Å². The van der Waals surface area contributed by atoms with Gasteiger partial charge in [-0.25, -0.2) is 9.37 Å². The Morgan fingerprint density at radius 1 is 1.29 bits per heavy atom. The largest absolute Gasteiger partial charge is 0.244 e. The van der Waals surface area contributed by atoms with E-state index >= 15 is 0 Å². The molecule has 0 unspecified atom stereocenters. The summed E-state index contributed by atoms with van der Waals surface area (Å²) in [5, 5.41) is 9.05. The summed E-state index contributed by atoms with van der Waals surface area (Å²) < 4.78 is 13.7. The maximum absolute atomic E-state index is 13.7.